The van der Waals surface area contributed by atoms with Crippen molar-refractivity contribution in [3.8, 4) is 0 Å². The van der Waals surface area contributed by atoms with Crippen LogP contribution in [0.4, 0.5) is 5.69 Å². The van der Waals surface area contributed by atoms with Gasteiger partial charge in [0.1, 0.15) is 0 Å². The van der Waals surface area contributed by atoms with E-state index in [-0.39, 0.29) is 6.04 Å². The summed E-state index contributed by atoms with van der Waals surface area (Å²) < 4.78 is 3.13. The van der Waals surface area contributed by atoms with E-state index in [1.807, 2.05) is 30.3 Å². The van der Waals surface area contributed by atoms with Crippen LogP contribution < -0.4 is 11.1 Å². The van der Waals surface area contributed by atoms with Crippen molar-refractivity contribution in [2.24, 2.45) is 5.73 Å². The van der Waals surface area contributed by atoms with Crippen molar-refractivity contribution in [2.75, 3.05) is 11.9 Å². The van der Waals surface area contributed by atoms with Crippen LogP contribution in [-0.4, -0.2) is 6.54 Å². The fourth-order valence-electron chi connectivity index (χ4n) is 1.75. The Balaban J connectivity index is 2.19. The highest BCUT2D eigenvalue weighted by molar-refractivity contribution is 9.13. The molecule has 0 amide bonds. The number of anilines is 1. The molecule has 0 radical (unpaired) electrons. The first-order valence-electron chi connectivity index (χ1n) is 5.77. The Morgan fingerprint density at radius 2 is 1.63 bits per heavy atom. The van der Waals surface area contributed by atoms with Gasteiger partial charge in [0.05, 0.1) is 6.04 Å². The summed E-state index contributed by atoms with van der Waals surface area (Å²) in [4.78, 5) is 0. The largest absolute Gasteiger partial charge is 0.377 e. The van der Waals surface area contributed by atoms with Crippen LogP contribution in [-0.2, 0) is 0 Å². The van der Waals surface area contributed by atoms with E-state index in [0.29, 0.717) is 6.54 Å². The first-order chi connectivity index (χ1) is 9.10. The van der Waals surface area contributed by atoms with Crippen LogP contribution >= 0.6 is 47.8 Å². The topological polar surface area (TPSA) is 38.0 Å². The van der Waals surface area contributed by atoms with Gasteiger partial charge in [0.2, 0.25) is 0 Å². The van der Waals surface area contributed by atoms with Crippen molar-refractivity contribution in [3.05, 3.63) is 61.4 Å². The summed E-state index contributed by atoms with van der Waals surface area (Å²) in [5.41, 5.74) is 8.08. The molecule has 1 unspecified atom stereocenters. The van der Waals surface area contributed by atoms with Gasteiger partial charge in [0.15, 0.2) is 0 Å². The zero-order valence-corrected chi connectivity index (χ0v) is 14.8. The molecule has 0 aliphatic rings. The fraction of sp³-hybridized carbons (Fsp3) is 0.143. The highest BCUT2D eigenvalue weighted by atomic mass is 79.9. The van der Waals surface area contributed by atoms with E-state index in [4.69, 9.17) is 5.73 Å². The zero-order chi connectivity index (χ0) is 13.8. The molecule has 0 aliphatic carbocycles. The smallest absolute Gasteiger partial charge is 0.0636 e. The molecule has 0 spiro atoms. The Kier molecular flexibility index (Phi) is 5.45. The molecule has 0 heterocycles. The molecule has 2 aromatic rings. The third-order valence-corrected chi connectivity index (χ3v) is 5.18. The molecule has 2 nitrogen and oxygen atoms in total. The van der Waals surface area contributed by atoms with Gasteiger partial charge in [-0.3, -0.25) is 0 Å². The molecule has 19 heavy (non-hydrogen) atoms. The second kappa shape index (κ2) is 6.88. The van der Waals surface area contributed by atoms with Crippen molar-refractivity contribution in [3.63, 3.8) is 0 Å². The first kappa shape index (κ1) is 15.0. The van der Waals surface area contributed by atoms with Crippen LogP contribution in [0, 0.1) is 0 Å². The Morgan fingerprint density at radius 3 is 2.21 bits per heavy atom. The molecule has 0 aromatic heterocycles. The lowest BCUT2D eigenvalue weighted by molar-refractivity contribution is 0.789. The maximum atomic E-state index is 5.87. The van der Waals surface area contributed by atoms with Crippen LogP contribution in [0.25, 0.3) is 0 Å². The van der Waals surface area contributed by atoms with E-state index in [9.17, 15) is 0 Å². The molecule has 0 saturated heterocycles. The second-order valence-electron chi connectivity index (χ2n) is 4.11. The minimum atomic E-state index is 0.0885. The van der Waals surface area contributed by atoms with E-state index >= 15 is 0 Å². The van der Waals surface area contributed by atoms with Gasteiger partial charge in [-0.25, -0.2) is 0 Å². The molecule has 100 valence electrons. The number of nitrogens with two attached hydrogens (primary N) is 1. The molecule has 5 heteroatoms. The summed E-state index contributed by atoms with van der Waals surface area (Å²) in [6, 6.07) is 14.3. The van der Waals surface area contributed by atoms with Gasteiger partial charge in [-0.1, -0.05) is 22.0 Å². The summed E-state index contributed by atoms with van der Waals surface area (Å²) in [5, 5.41) is 3.44. The van der Waals surface area contributed by atoms with Gasteiger partial charge in [-0.05, 0) is 73.8 Å². The van der Waals surface area contributed by atoms with Crippen molar-refractivity contribution < 1.29 is 0 Å². The van der Waals surface area contributed by atoms with E-state index in [0.717, 1.165) is 24.7 Å². The molecule has 0 aliphatic heterocycles. The van der Waals surface area contributed by atoms with Crippen LogP contribution in [0.1, 0.15) is 11.6 Å². The summed E-state index contributed by atoms with van der Waals surface area (Å²) in [5.74, 6) is 0. The molecule has 1 atom stereocenters. The van der Waals surface area contributed by atoms with Crippen molar-refractivity contribution in [1.82, 2.24) is 0 Å². The maximum Gasteiger partial charge on any atom is 0.0636 e. The van der Waals surface area contributed by atoms with Crippen LogP contribution in [0.5, 0.6) is 0 Å². The normalized spacial score (nSPS) is 12.2. The number of benzene rings is 2. The summed E-state index contributed by atoms with van der Waals surface area (Å²) >= 11 is 10.4. The average molecular weight is 449 g/mol. The Hall–Kier alpha value is -0.360. The molecule has 0 bridgehead atoms. The summed E-state index contributed by atoms with van der Waals surface area (Å²) in [6.45, 7) is 0.532. The summed E-state index contributed by atoms with van der Waals surface area (Å²) in [7, 11) is 0. The van der Waals surface area contributed by atoms with E-state index < -0.39 is 0 Å². The quantitative estimate of drug-likeness (QED) is 0.684. The first-order valence-corrected chi connectivity index (χ1v) is 8.15. The SMILES string of the molecule is NCC(Nc1ccc(Br)cc1)c1ccc(Br)c(Br)c1. The number of hydrogen-bond donors (Lipinski definition) is 2. The predicted octanol–water partition coefficient (Wildman–Crippen LogP) is 5.09. The molecular weight excluding hydrogens is 436 g/mol. The van der Waals surface area contributed by atoms with Crippen LogP contribution in [0.2, 0.25) is 0 Å². The molecular formula is C14H13Br3N2. The van der Waals surface area contributed by atoms with Gasteiger partial charge in [0.25, 0.3) is 0 Å². The molecule has 2 aromatic carbocycles. The fourth-order valence-corrected chi connectivity index (χ4v) is 2.66. The van der Waals surface area contributed by atoms with Gasteiger partial charge < -0.3 is 11.1 Å². The minimum absolute atomic E-state index is 0.0885. The lowest BCUT2D eigenvalue weighted by Crippen LogP contribution is -2.20. The van der Waals surface area contributed by atoms with Crippen molar-refractivity contribution in [2.45, 2.75) is 6.04 Å². The zero-order valence-electron chi connectivity index (χ0n) is 10.0. The number of nitrogens with one attached hydrogen (secondary N) is 1. The van der Waals surface area contributed by atoms with Crippen molar-refractivity contribution in [1.29, 1.82) is 0 Å². The second-order valence-corrected chi connectivity index (χ2v) is 6.74. The lowest BCUT2D eigenvalue weighted by Gasteiger charge is -2.19. The van der Waals surface area contributed by atoms with E-state index in [2.05, 4.69) is 65.2 Å². The minimum Gasteiger partial charge on any atom is -0.377 e. The monoisotopic (exact) mass is 446 g/mol. The Labute approximate surface area is 138 Å². The third kappa shape index (κ3) is 4.05. The van der Waals surface area contributed by atoms with E-state index in [1.165, 1.54) is 0 Å². The third-order valence-electron chi connectivity index (χ3n) is 2.77. The van der Waals surface area contributed by atoms with Gasteiger partial charge >= 0.3 is 0 Å². The molecule has 0 fully saturated rings. The predicted molar refractivity (Wildman–Crippen MR) is 91.4 cm³/mol. The van der Waals surface area contributed by atoms with Crippen LogP contribution in [0.15, 0.2) is 55.9 Å². The summed E-state index contributed by atoms with van der Waals surface area (Å²) in [6.07, 6.45) is 0. The Bertz CT molecular complexity index is 555. The highest BCUT2D eigenvalue weighted by Gasteiger charge is 2.10. The standard InChI is InChI=1S/C14H13Br3N2/c15-10-2-4-11(5-3-10)19-14(8-18)9-1-6-12(16)13(17)7-9/h1-7,14,19H,8,18H2. The average Bonchev–Trinajstić information content (AvgIpc) is 2.41. The highest BCUT2D eigenvalue weighted by Crippen LogP contribution is 2.28. The Morgan fingerprint density at radius 1 is 0.947 bits per heavy atom. The molecule has 3 N–H and O–H groups in total. The number of hydrogen-bond acceptors (Lipinski definition) is 2. The number of halogens is 3. The van der Waals surface area contributed by atoms with Gasteiger partial charge in [-0.15, -0.1) is 0 Å². The van der Waals surface area contributed by atoms with Gasteiger partial charge in [-0.2, -0.15) is 0 Å². The molecule has 2 rings (SSSR count). The van der Waals surface area contributed by atoms with E-state index in [1.54, 1.807) is 0 Å². The van der Waals surface area contributed by atoms with Gasteiger partial charge in [0, 0.05) is 25.7 Å². The van der Waals surface area contributed by atoms with Crippen molar-refractivity contribution >= 4 is 53.5 Å². The molecule has 0 saturated carbocycles. The number of rotatable bonds is 4. The maximum absolute atomic E-state index is 5.87. The van der Waals surface area contributed by atoms with Crippen LogP contribution in [0.3, 0.4) is 0 Å². The lowest BCUT2D eigenvalue weighted by atomic mass is 10.1.